The van der Waals surface area contributed by atoms with Crippen LogP contribution in [0.4, 0.5) is 0 Å². The molecule has 0 unspecified atom stereocenters. The third-order valence-electron chi connectivity index (χ3n) is 3.47. The Bertz CT molecular complexity index is 938. The van der Waals surface area contributed by atoms with Gasteiger partial charge in [0.05, 0.1) is 11.2 Å². The fraction of sp³-hybridized carbons (Fsp3) is 0.0526. The SMILES string of the molecule is O=C(COc1ccc(Br)cc1Cl)N/N=C/c1cccc2ccccc12. The van der Waals surface area contributed by atoms with Gasteiger partial charge in [0.2, 0.25) is 0 Å². The highest BCUT2D eigenvalue weighted by Crippen LogP contribution is 2.27. The van der Waals surface area contributed by atoms with E-state index in [2.05, 4.69) is 26.5 Å². The van der Waals surface area contributed by atoms with Crippen molar-refractivity contribution >= 4 is 50.4 Å². The van der Waals surface area contributed by atoms with Crippen LogP contribution in [0.2, 0.25) is 5.02 Å². The van der Waals surface area contributed by atoms with Gasteiger partial charge in [-0.25, -0.2) is 5.43 Å². The van der Waals surface area contributed by atoms with Crippen LogP contribution in [0.3, 0.4) is 0 Å². The van der Waals surface area contributed by atoms with Crippen molar-refractivity contribution in [2.45, 2.75) is 0 Å². The van der Waals surface area contributed by atoms with E-state index in [4.69, 9.17) is 16.3 Å². The van der Waals surface area contributed by atoms with Crippen molar-refractivity contribution in [2.24, 2.45) is 5.10 Å². The molecule has 0 aliphatic carbocycles. The normalized spacial score (nSPS) is 11.0. The number of halogens is 2. The molecule has 0 aromatic heterocycles. The highest BCUT2D eigenvalue weighted by molar-refractivity contribution is 9.10. The third kappa shape index (κ3) is 4.59. The number of nitrogens with zero attached hydrogens (tertiary/aromatic N) is 1. The molecule has 126 valence electrons. The number of fused-ring (bicyclic) bond motifs is 1. The minimum Gasteiger partial charge on any atom is -0.482 e. The van der Waals surface area contributed by atoms with Crippen molar-refractivity contribution in [3.63, 3.8) is 0 Å². The smallest absolute Gasteiger partial charge is 0.277 e. The van der Waals surface area contributed by atoms with Crippen LogP contribution in [-0.2, 0) is 4.79 Å². The molecular formula is C19H14BrClN2O2. The van der Waals surface area contributed by atoms with E-state index in [1.54, 1.807) is 24.4 Å². The Hall–Kier alpha value is -2.37. The molecule has 0 fully saturated rings. The molecule has 4 nitrogen and oxygen atoms in total. The van der Waals surface area contributed by atoms with Gasteiger partial charge >= 0.3 is 0 Å². The van der Waals surface area contributed by atoms with Crippen molar-refractivity contribution in [1.29, 1.82) is 0 Å². The van der Waals surface area contributed by atoms with Crippen molar-refractivity contribution in [2.75, 3.05) is 6.61 Å². The Kier molecular flexibility index (Phi) is 5.68. The first-order valence-electron chi connectivity index (χ1n) is 7.51. The number of amides is 1. The molecule has 0 atom stereocenters. The number of nitrogens with one attached hydrogen (secondary N) is 1. The van der Waals surface area contributed by atoms with E-state index in [9.17, 15) is 4.79 Å². The fourth-order valence-electron chi connectivity index (χ4n) is 2.30. The fourth-order valence-corrected chi connectivity index (χ4v) is 3.03. The maximum absolute atomic E-state index is 11.8. The molecule has 0 heterocycles. The summed E-state index contributed by atoms with van der Waals surface area (Å²) in [5, 5.41) is 6.61. The molecule has 3 rings (SSSR count). The van der Waals surface area contributed by atoms with Crippen LogP contribution in [0.25, 0.3) is 10.8 Å². The Morgan fingerprint density at radius 1 is 1.16 bits per heavy atom. The van der Waals surface area contributed by atoms with E-state index in [-0.39, 0.29) is 12.5 Å². The first-order chi connectivity index (χ1) is 12.1. The lowest BCUT2D eigenvalue weighted by Gasteiger charge is -2.07. The van der Waals surface area contributed by atoms with Crippen molar-refractivity contribution in [1.82, 2.24) is 5.43 Å². The Labute approximate surface area is 158 Å². The summed E-state index contributed by atoms with van der Waals surface area (Å²) in [5.74, 6) is 0.0773. The Morgan fingerprint density at radius 3 is 2.80 bits per heavy atom. The van der Waals surface area contributed by atoms with Crippen LogP contribution >= 0.6 is 27.5 Å². The van der Waals surface area contributed by atoms with Crippen LogP contribution in [0.15, 0.2) is 70.2 Å². The van der Waals surface area contributed by atoms with Gasteiger partial charge in [0.15, 0.2) is 6.61 Å². The van der Waals surface area contributed by atoms with Crippen LogP contribution in [0.1, 0.15) is 5.56 Å². The van der Waals surface area contributed by atoms with Gasteiger partial charge in [0, 0.05) is 10.0 Å². The Morgan fingerprint density at radius 2 is 1.96 bits per heavy atom. The Balaban J connectivity index is 1.59. The minimum absolute atomic E-state index is 0.172. The summed E-state index contributed by atoms with van der Waals surface area (Å²) in [4.78, 5) is 11.8. The molecule has 0 spiro atoms. The number of benzene rings is 3. The predicted molar refractivity (Wildman–Crippen MR) is 104 cm³/mol. The maximum atomic E-state index is 11.8. The molecule has 1 N–H and O–H groups in total. The second-order valence-corrected chi connectivity index (χ2v) is 6.55. The van der Waals surface area contributed by atoms with E-state index in [1.807, 2.05) is 42.5 Å². The molecule has 6 heteroatoms. The molecule has 3 aromatic rings. The summed E-state index contributed by atoms with van der Waals surface area (Å²) in [6.45, 7) is -0.172. The molecule has 1 amide bonds. The monoisotopic (exact) mass is 416 g/mol. The number of hydrogen-bond acceptors (Lipinski definition) is 3. The van der Waals surface area contributed by atoms with Gasteiger partial charge in [-0.3, -0.25) is 4.79 Å². The quantitative estimate of drug-likeness (QED) is 0.479. The summed E-state index contributed by atoms with van der Waals surface area (Å²) in [7, 11) is 0. The molecule has 0 radical (unpaired) electrons. The zero-order chi connectivity index (χ0) is 17.6. The second-order valence-electron chi connectivity index (χ2n) is 5.22. The molecule has 0 bridgehead atoms. The molecule has 0 saturated heterocycles. The molecule has 25 heavy (non-hydrogen) atoms. The van der Waals surface area contributed by atoms with Crippen LogP contribution < -0.4 is 10.2 Å². The van der Waals surface area contributed by atoms with Gasteiger partial charge in [-0.1, -0.05) is 70.0 Å². The zero-order valence-corrected chi connectivity index (χ0v) is 15.4. The summed E-state index contributed by atoms with van der Waals surface area (Å²) in [6, 6.07) is 19.1. The minimum atomic E-state index is -0.365. The van der Waals surface area contributed by atoms with Crippen LogP contribution in [0, 0.1) is 0 Å². The highest BCUT2D eigenvalue weighted by Gasteiger charge is 2.05. The van der Waals surface area contributed by atoms with Crippen LogP contribution in [-0.4, -0.2) is 18.7 Å². The standard InChI is InChI=1S/C19H14BrClN2O2/c20-15-8-9-18(17(21)10-15)25-12-19(24)23-22-11-14-6-3-5-13-4-1-2-7-16(13)14/h1-11H,12H2,(H,23,24)/b22-11+. The van der Waals surface area contributed by atoms with Gasteiger partial charge in [-0.05, 0) is 29.0 Å². The molecular weight excluding hydrogens is 404 g/mol. The van der Waals surface area contributed by atoms with E-state index in [0.29, 0.717) is 10.8 Å². The van der Waals surface area contributed by atoms with E-state index in [0.717, 1.165) is 20.8 Å². The second kappa shape index (κ2) is 8.14. The lowest BCUT2D eigenvalue weighted by molar-refractivity contribution is -0.123. The number of hydrazone groups is 1. The van der Waals surface area contributed by atoms with Gasteiger partial charge in [0.25, 0.3) is 5.91 Å². The lowest BCUT2D eigenvalue weighted by Crippen LogP contribution is -2.24. The number of carbonyl (C=O) groups excluding carboxylic acids is 1. The van der Waals surface area contributed by atoms with Crippen molar-refractivity contribution in [3.05, 3.63) is 75.7 Å². The summed E-state index contributed by atoms with van der Waals surface area (Å²) >= 11 is 9.35. The van der Waals surface area contributed by atoms with E-state index in [1.165, 1.54) is 0 Å². The largest absolute Gasteiger partial charge is 0.482 e. The van der Waals surface area contributed by atoms with E-state index >= 15 is 0 Å². The van der Waals surface area contributed by atoms with Gasteiger partial charge in [0.1, 0.15) is 5.75 Å². The molecule has 0 saturated carbocycles. The number of rotatable bonds is 5. The van der Waals surface area contributed by atoms with Gasteiger partial charge < -0.3 is 4.74 Å². The summed E-state index contributed by atoms with van der Waals surface area (Å²) < 4.78 is 6.23. The summed E-state index contributed by atoms with van der Waals surface area (Å²) in [5.41, 5.74) is 3.38. The average Bonchev–Trinajstić information content (AvgIpc) is 2.61. The zero-order valence-electron chi connectivity index (χ0n) is 13.1. The molecule has 3 aromatic carbocycles. The summed E-state index contributed by atoms with van der Waals surface area (Å²) in [6.07, 6.45) is 1.62. The molecule has 0 aliphatic rings. The van der Waals surface area contributed by atoms with Gasteiger partial charge in [-0.15, -0.1) is 0 Å². The predicted octanol–water partition coefficient (Wildman–Crippen LogP) is 4.78. The first-order valence-corrected chi connectivity index (χ1v) is 8.68. The number of ether oxygens (including phenoxy) is 1. The number of hydrogen-bond donors (Lipinski definition) is 1. The lowest BCUT2D eigenvalue weighted by atomic mass is 10.1. The van der Waals surface area contributed by atoms with Crippen molar-refractivity contribution < 1.29 is 9.53 Å². The first kappa shape index (κ1) is 17.5. The topological polar surface area (TPSA) is 50.7 Å². The molecule has 0 aliphatic heterocycles. The average molecular weight is 418 g/mol. The highest BCUT2D eigenvalue weighted by atomic mass is 79.9. The van der Waals surface area contributed by atoms with Crippen molar-refractivity contribution in [3.8, 4) is 5.75 Å². The third-order valence-corrected chi connectivity index (χ3v) is 4.26. The maximum Gasteiger partial charge on any atom is 0.277 e. The van der Waals surface area contributed by atoms with Gasteiger partial charge in [-0.2, -0.15) is 5.10 Å². The van der Waals surface area contributed by atoms with E-state index < -0.39 is 0 Å². The van der Waals surface area contributed by atoms with Crippen LogP contribution in [0.5, 0.6) is 5.75 Å². The number of carbonyl (C=O) groups is 1.